The summed E-state index contributed by atoms with van der Waals surface area (Å²) >= 11 is 6.03. The van der Waals surface area contributed by atoms with Gasteiger partial charge in [-0.05, 0) is 30.3 Å². The minimum absolute atomic E-state index is 0.631. The maximum atomic E-state index is 6.03. The number of hydrogen-bond donors (Lipinski definition) is 1. The van der Waals surface area contributed by atoms with E-state index in [1.807, 2.05) is 37.6 Å². The van der Waals surface area contributed by atoms with Crippen LogP contribution in [0.25, 0.3) is 0 Å². The van der Waals surface area contributed by atoms with E-state index in [0.29, 0.717) is 6.61 Å². The van der Waals surface area contributed by atoms with Crippen molar-refractivity contribution in [1.82, 2.24) is 15.1 Å². The molecule has 1 heterocycles. The third-order valence-corrected chi connectivity index (χ3v) is 3.23. The predicted octanol–water partition coefficient (Wildman–Crippen LogP) is 2.80. The molecule has 0 radical (unpaired) electrons. The molecule has 0 aliphatic carbocycles. The molecule has 0 spiro atoms. The summed E-state index contributed by atoms with van der Waals surface area (Å²) in [6, 6.07) is 5.73. The first-order valence-electron chi connectivity index (χ1n) is 6.78. The SMILES string of the molecule is CCNCc1cc(Cl)ccc1OCCc1cnn(C)c1. The van der Waals surface area contributed by atoms with Crippen LogP contribution in [0.2, 0.25) is 5.02 Å². The average molecular weight is 294 g/mol. The van der Waals surface area contributed by atoms with E-state index in [1.165, 1.54) is 5.56 Å². The highest BCUT2D eigenvalue weighted by atomic mass is 35.5. The van der Waals surface area contributed by atoms with Gasteiger partial charge in [-0.2, -0.15) is 5.10 Å². The van der Waals surface area contributed by atoms with Gasteiger partial charge in [-0.25, -0.2) is 0 Å². The van der Waals surface area contributed by atoms with Gasteiger partial charge >= 0.3 is 0 Å². The summed E-state index contributed by atoms with van der Waals surface area (Å²) in [6.07, 6.45) is 4.71. The number of benzene rings is 1. The van der Waals surface area contributed by atoms with E-state index in [2.05, 4.69) is 17.3 Å². The topological polar surface area (TPSA) is 39.1 Å². The summed E-state index contributed by atoms with van der Waals surface area (Å²) in [5, 5.41) is 8.17. The Hall–Kier alpha value is -1.52. The summed E-state index contributed by atoms with van der Waals surface area (Å²) in [6.45, 7) is 4.39. The number of halogens is 1. The second kappa shape index (κ2) is 7.31. The van der Waals surface area contributed by atoms with Crippen molar-refractivity contribution in [1.29, 1.82) is 0 Å². The first-order valence-corrected chi connectivity index (χ1v) is 7.16. The first-order chi connectivity index (χ1) is 9.69. The van der Waals surface area contributed by atoms with Gasteiger partial charge in [0.15, 0.2) is 0 Å². The highest BCUT2D eigenvalue weighted by molar-refractivity contribution is 6.30. The van der Waals surface area contributed by atoms with E-state index in [1.54, 1.807) is 4.68 Å². The fourth-order valence-electron chi connectivity index (χ4n) is 1.97. The Morgan fingerprint density at radius 1 is 1.40 bits per heavy atom. The third-order valence-electron chi connectivity index (χ3n) is 2.99. The third kappa shape index (κ3) is 4.25. The lowest BCUT2D eigenvalue weighted by Crippen LogP contribution is -2.13. The van der Waals surface area contributed by atoms with Gasteiger partial charge in [0, 0.05) is 36.8 Å². The Balaban J connectivity index is 1.94. The maximum Gasteiger partial charge on any atom is 0.123 e. The Morgan fingerprint density at radius 3 is 2.95 bits per heavy atom. The first kappa shape index (κ1) is 14.9. The number of nitrogens with one attached hydrogen (secondary N) is 1. The van der Waals surface area contributed by atoms with Crippen molar-refractivity contribution in [3.8, 4) is 5.75 Å². The lowest BCUT2D eigenvalue weighted by atomic mass is 10.2. The predicted molar refractivity (Wildman–Crippen MR) is 81.2 cm³/mol. The molecule has 20 heavy (non-hydrogen) atoms. The molecule has 2 rings (SSSR count). The van der Waals surface area contributed by atoms with Crippen molar-refractivity contribution in [2.75, 3.05) is 13.2 Å². The molecular weight excluding hydrogens is 274 g/mol. The number of nitrogens with zero attached hydrogens (tertiary/aromatic N) is 2. The van der Waals surface area contributed by atoms with E-state index in [0.717, 1.165) is 35.8 Å². The van der Waals surface area contributed by atoms with Gasteiger partial charge in [0.25, 0.3) is 0 Å². The smallest absolute Gasteiger partial charge is 0.123 e. The second-order valence-corrected chi connectivity index (χ2v) is 5.09. The summed E-state index contributed by atoms with van der Waals surface area (Å²) in [5.41, 5.74) is 2.26. The van der Waals surface area contributed by atoms with Gasteiger partial charge in [0.2, 0.25) is 0 Å². The molecular formula is C15H20ClN3O. The fraction of sp³-hybridized carbons (Fsp3) is 0.400. The lowest BCUT2D eigenvalue weighted by molar-refractivity contribution is 0.318. The highest BCUT2D eigenvalue weighted by Gasteiger charge is 2.05. The molecule has 1 aromatic carbocycles. The maximum absolute atomic E-state index is 6.03. The van der Waals surface area contributed by atoms with Crippen molar-refractivity contribution < 1.29 is 4.74 Å². The van der Waals surface area contributed by atoms with Crippen LogP contribution < -0.4 is 10.1 Å². The number of hydrogen-bond acceptors (Lipinski definition) is 3. The number of aromatic nitrogens is 2. The van der Waals surface area contributed by atoms with E-state index in [4.69, 9.17) is 16.3 Å². The molecule has 0 fully saturated rings. The van der Waals surface area contributed by atoms with Crippen LogP contribution in [0.15, 0.2) is 30.6 Å². The second-order valence-electron chi connectivity index (χ2n) is 4.65. The molecule has 0 aliphatic rings. The van der Waals surface area contributed by atoms with Gasteiger partial charge in [0.1, 0.15) is 5.75 Å². The quantitative estimate of drug-likeness (QED) is 0.853. The normalized spacial score (nSPS) is 10.8. The van der Waals surface area contributed by atoms with Crippen LogP contribution in [0.4, 0.5) is 0 Å². The molecule has 2 aromatic rings. The van der Waals surface area contributed by atoms with Gasteiger partial charge in [-0.15, -0.1) is 0 Å². The molecule has 1 aromatic heterocycles. The van der Waals surface area contributed by atoms with Gasteiger partial charge in [-0.3, -0.25) is 4.68 Å². The molecule has 0 aliphatic heterocycles. The van der Waals surface area contributed by atoms with Crippen LogP contribution in [0.5, 0.6) is 5.75 Å². The molecule has 4 nitrogen and oxygen atoms in total. The zero-order valence-electron chi connectivity index (χ0n) is 11.9. The molecule has 0 bridgehead atoms. The van der Waals surface area contributed by atoms with Crippen LogP contribution in [-0.2, 0) is 20.0 Å². The summed E-state index contributed by atoms with van der Waals surface area (Å²) in [7, 11) is 1.91. The largest absolute Gasteiger partial charge is 0.493 e. The summed E-state index contributed by atoms with van der Waals surface area (Å²) in [4.78, 5) is 0. The Kier molecular flexibility index (Phi) is 5.44. The summed E-state index contributed by atoms with van der Waals surface area (Å²) in [5.74, 6) is 0.888. The molecule has 1 N–H and O–H groups in total. The van der Waals surface area contributed by atoms with Gasteiger partial charge in [-0.1, -0.05) is 18.5 Å². The van der Waals surface area contributed by atoms with Crippen molar-refractivity contribution in [3.05, 3.63) is 46.7 Å². The minimum Gasteiger partial charge on any atom is -0.493 e. The van der Waals surface area contributed by atoms with E-state index >= 15 is 0 Å². The van der Waals surface area contributed by atoms with Gasteiger partial charge < -0.3 is 10.1 Å². The average Bonchev–Trinajstić information content (AvgIpc) is 2.84. The van der Waals surface area contributed by atoms with E-state index < -0.39 is 0 Å². The molecule has 0 saturated heterocycles. The highest BCUT2D eigenvalue weighted by Crippen LogP contribution is 2.23. The van der Waals surface area contributed by atoms with Crippen LogP contribution in [-0.4, -0.2) is 22.9 Å². The molecule has 0 unspecified atom stereocenters. The lowest BCUT2D eigenvalue weighted by Gasteiger charge is -2.12. The summed E-state index contributed by atoms with van der Waals surface area (Å²) < 4.78 is 7.67. The van der Waals surface area contributed by atoms with Crippen molar-refractivity contribution in [3.63, 3.8) is 0 Å². The number of ether oxygens (including phenoxy) is 1. The van der Waals surface area contributed by atoms with Crippen LogP contribution >= 0.6 is 11.6 Å². The molecule has 108 valence electrons. The number of aryl methyl sites for hydroxylation is 1. The van der Waals surface area contributed by atoms with Crippen molar-refractivity contribution in [2.45, 2.75) is 19.9 Å². The van der Waals surface area contributed by atoms with Crippen LogP contribution in [0.3, 0.4) is 0 Å². The van der Waals surface area contributed by atoms with E-state index in [9.17, 15) is 0 Å². The number of rotatable bonds is 7. The molecule has 5 heteroatoms. The minimum atomic E-state index is 0.631. The zero-order chi connectivity index (χ0) is 14.4. The van der Waals surface area contributed by atoms with E-state index in [-0.39, 0.29) is 0 Å². The zero-order valence-corrected chi connectivity index (χ0v) is 12.7. The van der Waals surface area contributed by atoms with Crippen molar-refractivity contribution in [2.24, 2.45) is 7.05 Å². The Bertz CT molecular complexity index is 554. The molecule has 0 amide bonds. The standard InChI is InChI=1S/C15H20ClN3O/c1-3-17-10-13-8-14(16)4-5-15(13)20-7-6-12-9-18-19(2)11-12/h4-5,8-9,11,17H,3,6-7,10H2,1-2H3. The van der Waals surface area contributed by atoms with Crippen LogP contribution in [0, 0.1) is 0 Å². The molecule has 0 atom stereocenters. The Labute approximate surface area is 124 Å². The fourth-order valence-corrected chi connectivity index (χ4v) is 2.16. The van der Waals surface area contributed by atoms with Crippen molar-refractivity contribution >= 4 is 11.6 Å². The molecule has 0 saturated carbocycles. The monoisotopic (exact) mass is 293 g/mol. The van der Waals surface area contributed by atoms with Gasteiger partial charge in [0.05, 0.1) is 12.8 Å². The Morgan fingerprint density at radius 2 is 2.25 bits per heavy atom. The van der Waals surface area contributed by atoms with Crippen LogP contribution in [0.1, 0.15) is 18.1 Å².